The number of rotatable bonds is 1. The van der Waals surface area contributed by atoms with E-state index in [0.717, 1.165) is 14.9 Å². The van der Waals surface area contributed by atoms with Gasteiger partial charge in [0.1, 0.15) is 0 Å². The first-order valence-corrected chi connectivity index (χ1v) is 4.87. The van der Waals surface area contributed by atoms with Crippen molar-refractivity contribution in [3.05, 3.63) is 27.7 Å². The third-order valence-corrected chi connectivity index (χ3v) is 2.82. The molecule has 0 amide bonds. The van der Waals surface area contributed by atoms with Gasteiger partial charge in [0.15, 0.2) is 0 Å². The number of methoxy groups -OCH3 is 1. The maximum Gasteiger partial charge on any atom is 0.338 e. The largest absolute Gasteiger partial charge is 0.465 e. The summed E-state index contributed by atoms with van der Waals surface area (Å²) in [5.74, 6) is -0.339. The molecule has 0 heterocycles. The van der Waals surface area contributed by atoms with E-state index in [1.807, 2.05) is 13.0 Å². The fourth-order valence-electron chi connectivity index (χ4n) is 0.987. The van der Waals surface area contributed by atoms with Crippen LogP contribution in [-0.4, -0.2) is 13.1 Å². The fraction of sp³-hybridized carbons (Fsp3) is 0.222. The van der Waals surface area contributed by atoms with Gasteiger partial charge >= 0.3 is 5.97 Å². The van der Waals surface area contributed by atoms with Gasteiger partial charge in [0.2, 0.25) is 0 Å². The third-order valence-electron chi connectivity index (χ3n) is 1.73. The number of ether oxygens (including phenoxy) is 1. The van der Waals surface area contributed by atoms with Crippen LogP contribution in [0.5, 0.6) is 0 Å². The summed E-state index contributed by atoms with van der Waals surface area (Å²) in [6.45, 7) is 1.85. The maximum absolute atomic E-state index is 11.3. The van der Waals surface area contributed by atoms with Crippen LogP contribution in [0.25, 0.3) is 0 Å². The zero-order valence-electron chi connectivity index (χ0n) is 7.30. The van der Waals surface area contributed by atoms with E-state index in [9.17, 15) is 4.79 Å². The van der Waals surface area contributed by atoms with Gasteiger partial charge in [0.05, 0.1) is 12.7 Å². The molecule has 0 fully saturated rings. The molecule has 70 valence electrons. The molecule has 0 bridgehead atoms. The van der Waals surface area contributed by atoms with Gasteiger partial charge in [-0.15, -0.1) is 12.6 Å². The second-order valence-electron chi connectivity index (χ2n) is 2.59. The van der Waals surface area contributed by atoms with Crippen molar-refractivity contribution >= 4 is 34.5 Å². The van der Waals surface area contributed by atoms with E-state index in [1.165, 1.54) is 7.11 Å². The number of hydrogen-bond acceptors (Lipinski definition) is 3. The highest BCUT2D eigenvalue weighted by molar-refractivity contribution is 9.10. The van der Waals surface area contributed by atoms with Gasteiger partial charge in [-0.25, -0.2) is 4.79 Å². The average molecular weight is 261 g/mol. The summed E-state index contributed by atoms with van der Waals surface area (Å²) in [6, 6.07) is 3.53. The predicted octanol–water partition coefficient (Wildman–Crippen LogP) is 2.83. The summed E-state index contributed by atoms with van der Waals surface area (Å²) in [5, 5.41) is 0. The molecule has 0 atom stereocenters. The van der Waals surface area contributed by atoms with Gasteiger partial charge < -0.3 is 4.74 Å². The third kappa shape index (κ3) is 2.25. The van der Waals surface area contributed by atoms with E-state index in [1.54, 1.807) is 6.07 Å². The molecule has 0 radical (unpaired) electrons. The van der Waals surface area contributed by atoms with Gasteiger partial charge in [-0.1, -0.05) is 15.9 Å². The molecule has 0 spiro atoms. The van der Waals surface area contributed by atoms with Crippen molar-refractivity contribution in [3.8, 4) is 0 Å². The molecule has 0 aliphatic rings. The monoisotopic (exact) mass is 260 g/mol. The van der Waals surface area contributed by atoms with Crippen LogP contribution in [0.15, 0.2) is 21.5 Å². The smallest absolute Gasteiger partial charge is 0.338 e. The van der Waals surface area contributed by atoms with Gasteiger partial charge in [0, 0.05) is 9.37 Å². The number of carbonyl (C=O) groups is 1. The Kier molecular flexibility index (Phi) is 3.39. The minimum atomic E-state index is -0.339. The lowest BCUT2D eigenvalue weighted by atomic mass is 10.1. The van der Waals surface area contributed by atoms with E-state index < -0.39 is 0 Å². The number of hydrogen-bond donors (Lipinski definition) is 1. The van der Waals surface area contributed by atoms with Gasteiger partial charge in [0.25, 0.3) is 0 Å². The summed E-state index contributed by atoms with van der Waals surface area (Å²) in [4.78, 5) is 12.0. The van der Waals surface area contributed by atoms with Crippen LogP contribution < -0.4 is 0 Å². The lowest BCUT2D eigenvalue weighted by molar-refractivity contribution is 0.0599. The van der Waals surface area contributed by atoms with Gasteiger partial charge in [-0.2, -0.15) is 0 Å². The summed E-state index contributed by atoms with van der Waals surface area (Å²) < 4.78 is 5.49. The second-order valence-corrected chi connectivity index (χ2v) is 3.96. The first-order valence-electron chi connectivity index (χ1n) is 3.63. The molecule has 1 rings (SSSR count). The molecule has 0 unspecified atom stereocenters. The Bertz CT molecular complexity index is 350. The van der Waals surface area contributed by atoms with Crippen molar-refractivity contribution in [2.75, 3.05) is 7.11 Å². The number of benzene rings is 1. The van der Waals surface area contributed by atoms with Crippen LogP contribution in [-0.2, 0) is 4.74 Å². The zero-order valence-corrected chi connectivity index (χ0v) is 9.78. The summed E-state index contributed by atoms with van der Waals surface area (Å²) >= 11 is 7.50. The maximum atomic E-state index is 11.3. The Morgan fingerprint density at radius 1 is 1.54 bits per heavy atom. The Morgan fingerprint density at radius 3 is 2.69 bits per heavy atom. The van der Waals surface area contributed by atoms with E-state index in [-0.39, 0.29) is 5.97 Å². The molecule has 0 N–H and O–H groups in total. The highest BCUT2D eigenvalue weighted by Gasteiger charge is 2.11. The SMILES string of the molecule is COC(=O)c1cc(S)cc(Br)c1C. The van der Waals surface area contributed by atoms with Crippen molar-refractivity contribution in [1.29, 1.82) is 0 Å². The molecular weight excluding hydrogens is 252 g/mol. The molecule has 2 nitrogen and oxygen atoms in total. The molecular formula is C9H9BrO2S. The molecule has 1 aromatic carbocycles. The van der Waals surface area contributed by atoms with Crippen molar-refractivity contribution in [1.82, 2.24) is 0 Å². The number of thiol groups is 1. The highest BCUT2D eigenvalue weighted by Crippen LogP contribution is 2.24. The minimum Gasteiger partial charge on any atom is -0.465 e. The van der Waals surface area contributed by atoms with Crippen LogP contribution in [0.3, 0.4) is 0 Å². The van der Waals surface area contributed by atoms with Crippen molar-refractivity contribution in [2.45, 2.75) is 11.8 Å². The summed E-state index contributed by atoms with van der Waals surface area (Å²) in [7, 11) is 1.36. The van der Waals surface area contributed by atoms with E-state index in [2.05, 4.69) is 33.3 Å². The fourth-order valence-corrected chi connectivity index (χ4v) is 1.88. The van der Waals surface area contributed by atoms with Crippen LogP contribution in [0, 0.1) is 6.92 Å². The standard InChI is InChI=1S/C9H9BrO2S/c1-5-7(9(11)12-2)3-6(13)4-8(5)10/h3-4,13H,1-2H3. The first kappa shape index (κ1) is 10.6. The summed E-state index contributed by atoms with van der Waals surface area (Å²) in [5.41, 5.74) is 1.41. The minimum absolute atomic E-state index is 0.339. The number of carbonyl (C=O) groups excluding carboxylic acids is 1. The lowest BCUT2D eigenvalue weighted by Crippen LogP contribution is -2.04. The average Bonchev–Trinajstić information content (AvgIpc) is 2.10. The van der Waals surface area contributed by atoms with Crippen molar-refractivity contribution < 1.29 is 9.53 Å². The molecule has 0 aliphatic carbocycles. The highest BCUT2D eigenvalue weighted by atomic mass is 79.9. The van der Waals surface area contributed by atoms with Gasteiger partial charge in [-0.3, -0.25) is 0 Å². The van der Waals surface area contributed by atoms with Crippen LogP contribution in [0.4, 0.5) is 0 Å². The molecule has 0 aromatic heterocycles. The summed E-state index contributed by atoms with van der Waals surface area (Å²) in [6.07, 6.45) is 0. The molecule has 13 heavy (non-hydrogen) atoms. The topological polar surface area (TPSA) is 26.3 Å². The second kappa shape index (κ2) is 4.15. The van der Waals surface area contributed by atoms with Crippen LogP contribution >= 0.6 is 28.6 Å². The Labute approximate surface area is 90.8 Å². The Balaban J connectivity index is 3.28. The van der Waals surface area contributed by atoms with Crippen molar-refractivity contribution in [3.63, 3.8) is 0 Å². The van der Waals surface area contributed by atoms with Crippen LogP contribution in [0.1, 0.15) is 15.9 Å². The van der Waals surface area contributed by atoms with E-state index in [4.69, 9.17) is 0 Å². The molecule has 0 saturated carbocycles. The van der Waals surface area contributed by atoms with Crippen LogP contribution in [0.2, 0.25) is 0 Å². The van der Waals surface area contributed by atoms with E-state index >= 15 is 0 Å². The number of halogens is 1. The molecule has 0 saturated heterocycles. The first-order chi connectivity index (χ1) is 6.06. The van der Waals surface area contributed by atoms with Crippen molar-refractivity contribution in [2.24, 2.45) is 0 Å². The van der Waals surface area contributed by atoms with E-state index in [0.29, 0.717) is 5.56 Å². The normalized spacial score (nSPS) is 9.85. The Morgan fingerprint density at radius 2 is 2.15 bits per heavy atom. The lowest BCUT2D eigenvalue weighted by Gasteiger charge is -2.06. The molecule has 1 aromatic rings. The molecule has 0 aliphatic heterocycles. The number of esters is 1. The predicted molar refractivity (Wildman–Crippen MR) is 57.5 cm³/mol. The Hall–Kier alpha value is -0.480. The molecule has 4 heteroatoms. The zero-order chi connectivity index (χ0) is 10.0. The van der Waals surface area contributed by atoms with Gasteiger partial charge in [-0.05, 0) is 24.6 Å². The quantitative estimate of drug-likeness (QED) is 0.621.